The number of nitrogens with one attached hydrogen (secondary N) is 1. The third-order valence-corrected chi connectivity index (χ3v) is 3.29. The molecule has 112 valence electrons. The van der Waals surface area contributed by atoms with Crippen molar-refractivity contribution in [3.63, 3.8) is 0 Å². The molecule has 0 saturated heterocycles. The van der Waals surface area contributed by atoms with Crippen LogP contribution in [0.4, 0.5) is 10.1 Å². The second kappa shape index (κ2) is 7.36. The number of anilines is 1. The van der Waals surface area contributed by atoms with Crippen molar-refractivity contribution in [2.45, 2.75) is 32.7 Å². The van der Waals surface area contributed by atoms with Gasteiger partial charge in [0.05, 0.1) is 6.54 Å². The van der Waals surface area contributed by atoms with E-state index in [4.69, 9.17) is 5.73 Å². The molecule has 0 aliphatic rings. The van der Waals surface area contributed by atoms with Crippen molar-refractivity contribution in [1.82, 2.24) is 4.90 Å². The fourth-order valence-electron chi connectivity index (χ4n) is 1.93. The van der Waals surface area contributed by atoms with E-state index in [1.54, 1.807) is 12.1 Å². The number of rotatable bonds is 7. The van der Waals surface area contributed by atoms with Gasteiger partial charge in [-0.05, 0) is 45.0 Å². The number of halogens is 1. The van der Waals surface area contributed by atoms with Gasteiger partial charge in [0.15, 0.2) is 0 Å². The Hall–Kier alpha value is -1.46. The molecule has 0 aliphatic carbocycles. The number of hydrogen-bond donors (Lipinski definition) is 2. The molecule has 5 heteroatoms. The molecule has 1 aromatic carbocycles. The number of amides is 1. The second-order valence-electron chi connectivity index (χ2n) is 5.50. The van der Waals surface area contributed by atoms with Crippen molar-refractivity contribution >= 4 is 11.6 Å². The van der Waals surface area contributed by atoms with E-state index in [9.17, 15) is 9.18 Å². The zero-order valence-electron chi connectivity index (χ0n) is 12.4. The Bertz CT molecular complexity index is 448. The zero-order chi connectivity index (χ0) is 15.2. The fraction of sp³-hybridized carbons (Fsp3) is 0.533. The van der Waals surface area contributed by atoms with Crippen LogP contribution in [0.1, 0.15) is 27.2 Å². The molecule has 0 atom stereocenters. The van der Waals surface area contributed by atoms with Crippen LogP contribution >= 0.6 is 0 Å². The third kappa shape index (κ3) is 4.90. The smallest absolute Gasteiger partial charge is 0.238 e. The van der Waals surface area contributed by atoms with E-state index < -0.39 is 0 Å². The molecule has 4 nitrogen and oxygen atoms in total. The summed E-state index contributed by atoms with van der Waals surface area (Å²) < 4.78 is 13.1. The average Bonchev–Trinajstić information content (AvgIpc) is 2.38. The molecule has 0 heterocycles. The lowest BCUT2D eigenvalue weighted by Gasteiger charge is -2.37. The summed E-state index contributed by atoms with van der Waals surface area (Å²) in [6.45, 7) is 7.59. The number of carbonyl (C=O) groups is 1. The molecular weight excluding hydrogens is 257 g/mol. The first-order chi connectivity index (χ1) is 9.39. The minimum absolute atomic E-state index is 0.162. The molecule has 0 bridgehead atoms. The highest BCUT2D eigenvalue weighted by Gasteiger charge is 2.26. The van der Waals surface area contributed by atoms with Crippen LogP contribution in [-0.2, 0) is 4.79 Å². The summed E-state index contributed by atoms with van der Waals surface area (Å²) in [5.41, 5.74) is 5.99. The summed E-state index contributed by atoms with van der Waals surface area (Å²) in [5, 5.41) is 2.71. The van der Waals surface area contributed by atoms with Crippen LogP contribution in [0.15, 0.2) is 24.3 Å². The van der Waals surface area contributed by atoms with Crippen molar-refractivity contribution in [1.29, 1.82) is 0 Å². The lowest BCUT2D eigenvalue weighted by molar-refractivity contribution is -0.118. The van der Waals surface area contributed by atoms with Gasteiger partial charge in [0.2, 0.25) is 5.91 Å². The summed E-state index contributed by atoms with van der Waals surface area (Å²) in [6.07, 6.45) is 0.941. The number of carbonyl (C=O) groups excluding carboxylic acids is 1. The van der Waals surface area contributed by atoms with Crippen molar-refractivity contribution in [2.75, 3.05) is 25.0 Å². The van der Waals surface area contributed by atoms with E-state index in [0.29, 0.717) is 12.2 Å². The van der Waals surface area contributed by atoms with E-state index in [2.05, 4.69) is 12.2 Å². The van der Waals surface area contributed by atoms with Gasteiger partial charge in [-0.25, -0.2) is 4.39 Å². The number of nitrogens with zero attached hydrogens (tertiary/aromatic N) is 1. The molecule has 0 unspecified atom stereocenters. The van der Waals surface area contributed by atoms with Gasteiger partial charge < -0.3 is 11.1 Å². The number of benzene rings is 1. The van der Waals surface area contributed by atoms with Crippen LogP contribution in [-0.4, -0.2) is 36.0 Å². The molecule has 1 aromatic rings. The predicted octanol–water partition coefficient (Wildman–Crippen LogP) is 2.21. The molecule has 0 aromatic heterocycles. The third-order valence-electron chi connectivity index (χ3n) is 3.29. The van der Waals surface area contributed by atoms with Crippen LogP contribution in [0.2, 0.25) is 0 Å². The van der Waals surface area contributed by atoms with Crippen molar-refractivity contribution < 1.29 is 9.18 Å². The molecule has 3 N–H and O–H groups in total. The summed E-state index contributed by atoms with van der Waals surface area (Å²) in [4.78, 5) is 14.1. The Morgan fingerprint density at radius 2 is 2.15 bits per heavy atom. The summed E-state index contributed by atoms with van der Waals surface area (Å²) >= 11 is 0. The van der Waals surface area contributed by atoms with E-state index in [-0.39, 0.29) is 23.8 Å². The Morgan fingerprint density at radius 1 is 1.45 bits per heavy atom. The monoisotopic (exact) mass is 281 g/mol. The summed E-state index contributed by atoms with van der Waals surface area (Å²) in [6, 6.07) is 5.88. The minimum atomic E-state index is -0.365. The molecule has 1 rings (SSSR count). The van der Waals surface area contributed by atoms with Gasteiger partial charge in [0.25, 0.3) is 0 Å². The topological polar surface area (TPSA) is 58.4 Å². The second-order valence-corrected chi connectivity index (χ2v) is 5.50. The molecule has 0 fully saturated rings. The first-order valence-corrected chi connectivity index (χ1v) is 6.89. The maximum Gasteiger partial charge on any atom is 0.238 e. The molecule has 0 radical (unpaired) electrons. The van der Waals surface area contributed by atoms with Crippen LogP contribution in [0, 0.1) is 5.82 Å². The molecule has 0 spiro atoms. The van der Waals surface area contributed by atoms with Crippen LogP contribution < -0.4 is 11.1 Å². The van der Waals surface area contributed by atoms with Gasteiger partial charge in [0, 0.05) is 17.8 Å². The SMILES string of the molecule is CCCN(CC(=O)Nc1cccc(F)c1)C(C)(C)CN. The van der Waals surface area contributed by atoms with Crippen molar-refractivity contribution in [3.8, 4) is 0 Å². The Labute approximate surface area is 120 Å². The Morgan fingerprint density at radius 3 is 2.70 bits per heavy atom. The zero-order valence-corrected chi connectivity index (χ0v) is 12.4. The predicted molar refractivity (Wildman–Crippen MR) is 80.0 cm³/mol. The highest BCUT2D eigenvalue weighted by Crippen LogP contribution is 2.14. The van der Waals surface area contributed by atoms with E-state index in [0.717, 1.165) is 13.0 Å². The number of hydrogen-bond acceptors (Lipinski definition) is 3. The van der Waals surface area contributed by atoms with Crippen LogP contribution in [0.3, 0.4) is 0 Å². The highest BCUT2D eigenvalue weighted by molar-refractivity contribution is 5.92. The molecule has 1 amide bonds. The molecule has 0 aliphatic heterocycles. The molecular formula is C15H24FN3O. The van der Waals surface area contributed by atoms with Gasteiger partial charge in [-0.3, -0.25) is 9.69 Å². The highest BCUT2D eigenvalue weighted by atomic mass is 19.1. The molecule has 0 saturated carbocycles. The van der Waals surface area contributed by atoms with Crippen molar-refractivity contribution in [3.05, 3.63) is 30.1 Å². The molecule has 20 heavy (non-hydrogen) atoms. The maximum absolute atomic E-state index is 13.1. The van der Waals surface area contributed by atoms with Crippen molar-refractivity contribution in [2.24, 2.45) is 5.73 Å². The van der Waals surface area contributed by atoms with Gasteiger partial charge in [-0.2, -0.15) is 0 Å². The quantitative estimate of drug-likeness (QED) is 0.805. The first-order valence-electron chi connectivity index (χ1n) is 6.89. The van der Waals surface area contributed by atoms with Gasteiger partial charge in [0.1, 0.15) is 5.82 Å². The largest absolute Gasteiger partial charge is 0.329 e. The maximum atomic E-state index is 13.1. The summed E-state index contributed by atoms with van der Waals surface area (Å²) in [5.74, 6) is -0.527. The summed E-state index contributed by atoms with van der Waals surface area (Å²) in [7, 11) is 0. The van der Waals surface area contributed by atoms with Gasteiger partial charge >= 0.3 is 0 Å². The van der Waals surface area contributed by atoms with Crippen LogP contribution in [0.25, 0.3) is 0 Å². The van der Waals surface area contributed by atoms with E-state index >= 15 is 0 Å². The van der Waals surface area contributed by atoms with E-state index in [1.807, 2.05) is 18.7 Å². The number of nitrogens with two attached hydrogens (primary N) is 1. The Balaban J connectivity index is 2.67. The average molecular weight is 281 g/mol. The normalized spacial score (nSPS) is 11.7. The first kappa shape index (κ1) is 16.6. The minimum Gasteiger partial charge on any atom is -0.329 e. The fourth-order valence-corrected chi connectivity index (χ4v) is 1.93. The Kier molecular flexibility index (Phi) is 6.10. The van der Waals surface area contributed by atoms with E-state index in [1.165, 1.54) is 12.1 Å². The van der Waals surface area contributed by atoms with Gasteiger partial charge in [-0.1, -0.05) is 13.0 Å². The standard InChI is InChI=1S/C15H24FN3O/c1-4-8-19(15(2,3)11-17)10-14(20)18-13-7-5-6-12(16)9-13/h5-7,9H,4,8,10-11,17H2,1-3H3,(H,18,20). The van der Waals surface area contributed by atoms with Gasteiger partial charge in [-0.15, -0.1) is 0 Å². The lowest BCUT2D eigenvalue weighted by atomic mass is 10.0. The van der Waals surface area contributed by atoms with Crippen LogP contribution in [0.5, 0.6) is 0 Å². The lowest BCUT2D eigenvalue weighted by Crippen LogP contribution is -2.52.